The minimum absolute atomic E-state index is 0.0831. The zero-order valence-corrected chi connectivity index (χ0v) is 18.2. The molecule has 0 spiro atoms. The molecule has 0 atom stereocenters. The molecule has 6 nitrogen and oxygen atoms in total. The molecule has 5 rings (SSSR count). The minimum atomic E-state index is -0.147. The van der Waals surface area contributed by atoms with Crippen LogP contribution in [0.15, 0.2) is 100 Å². The summed E-state index contributed by atoms with van der Waals surface area (Å²) < 4.78 is 13.2. The zero-order chi connectivity index (χ0) is 22.6. The number of nitrogens with one attached hydrogen (secondary N) is 1. The van der Waals surface area contributed by atoms with Gasteiger partial charge in [-0.05, 0) is 31.2 Å². The first-order valence-electron chi connectivity index (χ1n) is 10.8. The van der Waals surface area contributed by atoms with Gasteiger partial charge >= 0.3 is 0 Å². The Morgan fingerprint density at radius 1 is 0.909 bits per heavy atom. The minimum Gasteiger partial charge on any atom is -0.465 e. The lowest BCUT2D eigenvalue weighted by Gasteiger charge is -2.12. The average molecular weight is 437 g/mol. The standard InChI is InChI=1S/C27H23N3O3/c1-19-14-15-22(33-19)17-28-24(31)18-30-26(21-11-6-3-7-12-21)25(20-9-4-2-5-10-20)29-27(30)23-13-8-16-32-23/h2-16H,17-18H2,1H3,(H,28,31). The summed E-state index contributed by atoms with van der Waals surface area (Å²) in [7, 11) is 0. The third kappa shape index (κ3) is 4.36. The smallest absolute Gasteiger partial charge is 0.240 e. The predicted molar refractivity (Wildman–Crippen MR) is 126 cm³/mol. The number of hydrogen-bond donors (Lipinski definition) is 1. The summed E-state index contributed by atoms with van der Waals surface area (Å²) in [5, 5.41) is 2.95. The Kier molecular flexibility index (Phi) is 5.64. The van der Waals surface area contributed by atoms with Crippen LogP contribution in [0.2, 0.25) is 0 Å². The molecule has 1 N–H and O–H groups in total. The van der Waals surface area contributed by atoms with Gasteiger partial charge in [0.15, 0.2) is 11.6 Å². The van der Waals surface area contributed by atoms with Gasteiger partial charge in [0.25, 0.3) is 0 Å². The van der Waals surface area contributed by atoms with Crippen LogP contribution in [0.3, 0.4) is 0 Å². The largest absolute Gasteiger partial charge is 0.465 e. The molecule has 1 amide bonds. The van der Waals surface area contributed by atoms with Crippen molar-refractivity contribution in [2.24, 2.45) is 0 Å². The van der Waals surface area contributed by atoms with Crippen LogP contribution in [-0.4, -0.2) is 15.5 Å². The van der Waals surface area contributed by atoms with Gasteiger partial charge in [0.1, 0.15) is 18.1 Å². The molecule has 0 saturated carbocycles. The monoisotopic (exact) mass is 437 g/mol. The second-order valence-corrected chi connectivity index (χ2v) is 7.72. The molecule has 0 aliphatic heterocycles. The van der Waals surface area contributed by atoms with E-state index in [-0.39, 0.29) is 12.5 Å². The number of carbonyl (C=O) groups excluding carboxylic acids is 1. The summed E-state index contributed by atoms with van der Waals surface area (Å²) in [6.07, 6.45) is 1.61. The maximum absolute atomic E-state index is 13.0. The third-order valence-corrected chi connectivity index (χ3v) is 5.36. The Balaban J connectivity index is 1.58. The van der Waals surface area contributed by atoms with E-state index in [1.165, 1.54) is 0 Å². The Bertz CT molecular complexity index is 1350. The number of rotatable bonds is 7. The number of hydrogen-bond acceptors (Lipinski definition) is 4. The molecule has 5 aromatic rings. The van der Waals surface area contributed by atoms with Crippen molar-refractivity contribution in [3.8, 4) is 34.1 Å². The third-order valence-electron chi connectivity index (χ3n) is 5.36. The molecular weight excluding hydrogens is 414 g/mol. The molecular formula is C27H23N3O3. The van der Waals surface area contributed by atoms with Gasteiger partial charge in [-0.1, -0.05) is 60.7 Å². The van der Waals surface area contributed by atoms with Gasteiger partial charge in [0.2, 0.25) is 5.91 Å². The van der Waals surface area contributed by atoms with Gasteiger partial charge in [0.05, 0.1) is 24.2 Å². The van der Waals surface area contributed by atoms with Crippen LogP contribution in [0.4, 0.5) is 0 Å². The number of benzene rings is 2. The van der Waals surface area contributed by atoms with Crippen molar-refractivity contribution in [3.63, 3.8) is 0 Å². The van der Waals surface area contributed by atoms with Gasteiger partial charge in [-0.25, -0.2) is 4.98 Å². The molecule has 2 aromatic carbocycles. The summed E-state index contributed by atoms with van der Waals surface area (Å²) in [5.41, 5.74) is 3.59. The summed E-state index contributed by atoms with van der Waals surface area (Å²) in [4.78, 5) is 18.0. The lowest BCUT2D eigenvalue weighted by molar-refractivity contribution is -0.121. The summed E-state index contributed by atoms with van der Waals surface area (Å²) in [6, 6.07) is 27.4. The number of amides is 1. The summed E-state index contributed by atoms with van der Waals surface area (Å²) in [5.74, 6) is 2.58. The molecule has 33 heavy (non-hydrogen) atoms. The van der Waals surface area contributed by atoms with Crippen molar-refractivity contribution >= 4 is 5.91 Å². The molecule has 0 unspecified atom stereocenters. The molecule has 0 aliphatic rings. The summed E-state index contributed by atoms with van der Waals surface area (Å²) in [6.45, 7) is 2.28. The van der Waals surface area contributed by atoms with Crippen molar-refractivity contribution in [2.45, 2.75) is 20.0 Å². The van der Waals surface area contributed by atoms with E-state index in [1.54, 1.807) is 6.26 Å². The van der Waals surface area contributed by atoms with Crippen molar-refractivity contribution in [3.05, 3.63) is 103 Å². The highest BCUT2D eigenvalue weighted by atomic mass is 16.3. The van der Waals surface area contributed by atoms with E-state index in [4.69, 9.17) is 13.8 Å². The highest BCUT2D eigenvalue weighted by Crippen LogP contribution is 2.36. The van der Waals surface area contributed by atoms with E-state index in [0.29, 0.717) is 23.9 Å². The fourth-order valence-electron chi connectivity index (χ4n) is 3.85. The predicted octanol–water partition coefficient (Wildman–Crippen LogP) is 5.69. The molecule has 6 heteroatoms. The molecule has 0 aliphatic carbocycles. The molecule has 0 radical (unpaired) electrons. The fraction of sp³-hybridized carbons (Fsp3) is 0.111. The molecule has 3 heterocycles. The Morgan fingerprint density at radius 3 is 2.27 bits per heavy atom. The van der Waals surface area contributed by atoms with Crippen molar-refractivity contribution in [2.75, 3.05) is 0 Å². The van der Waals surface area contributed by atoms with E-state index in [1.807, 2.05) is 96.4 Å². The molecule has 3 aromatic heterocycles. The number of nitrogens with zero attached hydrogens (tertiary/aromatic N) is 2. The number of furan rings is 2. The first-order chi connectivity index (χ1) is 16.2. The van der Waals surface area contributed by atoms with Crippen molar-refractivity contribution in [1.29, 1.82) is 0 Å². The van der Waals surface area contributed by atoms with Gasteiger partial charge in [-0.3, -0.25) is 4.79 Å². The Labute approximate surface area is 191 Å². The highest BCUT2D eigenvalue weighted by molar-refractivity contribution is 5.84. The number of carbonyl (C=O) groups is 1. The quantitative estimate of drug-likeness (QED) is 0.355. The Morgan fingerprint density at radius 2 is 1.64 bits per heavy atom. The van der Waals surface area contributed by atoms with Crippen LogP contribution in [0.5, 0.6) is 0 Å². The SMILES string of the molecule is Cc1ccc(CNC(=O)Cn2c(-c3ccco3)nc(-c3ccccc3)c2-c2ccccc2)o1. The van der Waals surface area contributed by atoms with E-state index >= 15 is 0 Å². The first-order valence-corrected chi connectivity index (χ1v) is 10.8. The molecule has 0 saturated heterocycles. The van der Waals surface area contributed by atoms with Crippen LogP contribution in [-0.2, 0) is 17.9 Å². The van der Waals surface area contributed by atoms with Gasteiger partial charge in [-0.15, -0.1) is 0 Å². The van der Waals surface area contributed by atoms with E-state index < -0.39 is 0 Å². The zero-order valence-electron chi connectivity index (χ0n) is 18.2. The number of aryl methyl sites for hydroxylation is 1. The van der Waals surface area contributed by atoms with Crippen LogP contribution in [0.1, 0.15) is 11.5 Å². The molecule has 164 valence electrons. The lowest BCUT2D eigenvalue weighted by Crippen LogP contribution is -2.27. The van der Waals surface area contributed by atoms with Crippen LogP contribution in [0, 0.1) is 6.92 Å². The van der Waals surface area contributed by atoms with Crippen molar-refractivity contribution in [1.82, 2.24) is 14.9 Å². The van der Waals surface area contributed by atoms with Gasteiger partial charge < -0.3 is 18.7 Å². The fourth-order valence-corrected chi connectivity index (χ4v) is 3.85. The van der Waals surface area contributed by atoms with Gasteiger partial charge in [-0.2, -0.15) is 0 Å². The second kappa shape index (κ2) is 9.04. The lowest BCUT2D eigenvalue weighted by atomic mass is 10.0. The van der Waals surface area contributed by atoms with E-state index in [9.17, 15) is 4.79 Å². The van der Waals surface area contributed by atoms with Crippen LogP contribution >= 0.6 is 0 Å². The topological polar surface area (TPSA) is 73.2 Å². The first kappa shape index (κ1) is 20.6. The normalized spacial score (nSPS) is 10.9. The Hall–Kier alpha value is -4.32. The van der Waals surface area contributed by atoms with E-state index in [2.05, 4.69) is 5.32 Å². The molecule has 0 bridgehead atoms. The van der Waals surface area contributed by atoms with Crippen LogP contribution in [0.25, 0.3) is 34.1 Å². The maximum atomic E-state index is 13.0. The number of imidazole rings is 1. The number of aromatic nitrogens is 2. The van der Waals surface area contributed by atoms with Crippen molar-refractivity contribution < 1.29 is 13.6 Å². The molecule has 0 fully saturated rings. The highest BCUT2D eigenvalue weighted by Gasteiger charge is 2.23. The average Bonchev–Trinajstić information content (AvgIpc) is 3.59. The van der Waals surface area contributed by atoms with Gasteiger partial charge in [0, 0.05) is 11.1 Å². The maximum Gasteiger partial charge on any atom is 0.240 e. The summed E-state index contributed by atoms with van der Waals surface area (Å²) >= 11 is 0. The van der Waals surface area contributed by atoms with Crippen LogP contribution < -0.4 is 5.32 Å². The van der Waals surface area contributed by atoms with E-state index in [0.717, 1.165) is 28.3 Å². The second-order valence-electron chi connectivity index (χ2n) is 7.72.